The van der Waals surface area contributed by atoms with E-state index in [0.29, 0.717) is 17.9 Å². The first-order valence-electron chi connectivity index (χ1n) is 6.42. The maximum atomic E-state index is 10.4. The Hall–Kier alpha value is -2.00. The van der Waals surface area contributed by atoms with Crippen LogP contribution in [0.5, 0.6) is 11.5 Å². The summed E-state index contributed by atoms with van der Waals surface area (Å²) < 4.78 is 5.66. The largest absolute Gasteiger partial charge is 0.508 e. The molecule has 2 N–H and O–H groups in total. The minimum atomic E-state index is -0.601. The first-order chi connectivity index (χ1) is 9.24. The molecular formula is C16H16O3. The molecule has 19 heavy (non-hydrogen) atoms. The van der Waals surface area contributed by atoms with E-state index in [2.05, 4.69) is 0 Å². The van der Waals surface area contributed by atoms with E-state index in [9.17, 15) is 10.2 Å². The van der Waals surface area contributed by atoms with Crippen LogP contribution in [0.15, 0.2) is 48.5 Å². The van der Waals surface area contributed by atoms with Gasteiger partial charge in [-0.25, -0.2) is 0 Å². The highest BCUT2D eigenvalue weighted by molar-refractivity contribution is 5.42. The van der Waals surface area contributed by atoms with E-state index in [1.54, 1.807) is 18.2 Å². The summed E-state index contributed by atoms with van der Waals surface area (Å²) in [7, 11) is 0. The first kappa shape index (κ1) is 12.1. The molecule has 0 spiro atoms. The Balaban J connectivity index is 1.83. The molecule has 3 rings (SSSR count). The molecule has 0 bridgehead atoms. The number of aliphatic hydroxyl groups excluding tert-OH is 1. The minimum Gasteiger partial charge on any atom is -0.508 e. The van der Waals surface area contributed by atoms with E-state index in [0.717, 1.165) is 6.42 Å². The van der Waals surface area contributed by atoms with Gasteiger partial charge in [-0.1, -0.05) is 30.3 Å². The lowest BCUT2D eigenvalue weighted by molar-refractivity contribution is 0.0505. The van der Waals surface area contributed by atoms with Crippen molar-refractivity contribution in [2.75, 3.05) is 6.61 Å². The number of aliphatic hydroxyl groups is 1. The molecule has 0 amide bonds. The van der Waals surface area contributed by atoms with Gasteiger partial charge >= 0.3 is 0 Å². The van der Waals surface area contributed by atoms with Gasteiger partial charge in [0.05, 0.1) is 12.7 Å². The van der Waals surface area contributed by atoms with Gasteiger partial charge in [-0.15, -0.1) is 0 Å². The monoisotopic (exact) mass is 256 g/mol. The molecule has 0 radical (unpaired) electrons. The van der Waals surface area contributed by atoms with Crippen LogP contribution < -0.4 is 4.74 Å². The van der Waals surface area contributed by atoms with Gasteiger partial charge in [0, 0.05) is 11.5 Å². The van der Waals surface area contributed by atoms with Crippen molar-refractivity contribution in [1.82, 2.24) is 0 Å². The highest BCUT2D eigenvalue weighted by atomic mass is 16.5. The topological polar surface area (TPSA) is 49.7 Å². The van der Waals surface area contributed by atoms with Crippen molar-refractivity contribution < 1.29 is 14.9 Å². The summed E-state index contributed by atoms with van der Waals surface area (Å²) in [6.07, 6.45) is 0.160. The molecule has 3 nitrogen and oxygen atoms in total. The summed E-state index contributed by atoms with van der Waals surface area (Å²) in [5.74, 6) is 0.827. The predicted octanol–water partition coefficient (Wildman–Crippen LogP) is 2.68. The lowest BCUT2D eigenvalue weighted by Gasteiger charge is -2.30. The summed E-state index contributed by atoms with van der Waals surface area (Å²) in [5.41, 5.74) is 1.85. The van der Waals surface area contributed by atoms with Gasteiger partial charge in [0.1, 0.15) is 11.5 Å². The zero-order valence-electron chi connectivity index (χ0n) is 10.5. The average molecular weight is 256 g/mol. The molecule has 3 heteroatoms. The molecule has 1 aliphatic rings. The number of benzene rings is 2. The molecule has 0 unspecified atom stereocenters. The summed E-state index contributed by atoms with van der Waals surface area (Å²) in [6.45, 7) is 0.494. The normalized spacial score (nSPS) is 21.5. The van der Waals surface area contributed by atoms with Gasteiger partial charge in [0.15, 0.2) is 0 Å². The average Bonchev–Trinajstić information content (AvgIpc) is 2.44. The molecule has 0 aromatic heterocycles. The Kier molecular flexibility index (Phi) is 3.13. The van der Waals surface area contributed by atoms with Crippen molar-refractivity contribution in [3.63, 3.8) is 0 Å². The van der Waals surface area contributed by atoms with Gasteiger partial charge < -0.3 is 14.9 Å². The van der Waals surface area contributed by atoms with Crippen LogP contribution in [-0.2, 0) is 6.42 Å². The fraction of sp³-hybridized carbons (Fsp3) is 0.250. The molecule has 0 fully saturated rings. The maximum Gasteiger partial charge on any atom is 0.125 e. The molecule has 1 aliphatic heterocycles. The number of ether oxygens (including phenoxy) is 1. The van der Waals surface area contributed by atoms with E-state index >= 15 is 0 Å². The standard InChI is InChI=1S/C16H16O3/c17-13-6-7-15-14(9-13)16(18)12(10-19-15)8-11-4-2-1-3-5-11/h1-7,9,12,16-18H,8,10H2/t12-,16+/m0/s1. The number of fused-ring (bicyclic) bond motifs is 1. The van der Waals surface area contributed by atoms with E-state index in [4.69, 9.17) is 4.74 Å². The van der Waals surface area contributed by atoms with Gasteiger partial charge in [-0.3, -0.25) is 0 Å². The third-order valence-corrected chi connectivity index (χ3v) is 3.55. The number of aromatic hydroxyl groups is 1. The Morgan fingerprint density at radius 2 is 1.89 bits per heavy atom. The van der Waals surface area contributed by atoms with Crippen LogP contribution in [0.3, 0.4) is 0 Å². The van der Waals surface area contributed by atoms with E-state index in [-0.39, 0.29) is 11.7 Å². The highest BCUT2D eigenvalue weighted by Gasteiger charge is 2.29. The molecule has 2 atom stereocenters. The zero-order chi connectivity index (χ0) is 13.2. The van der Waals surface area contributed by atoms with Crippen molar-refractivity contribution in [3.05, 3.63) is 59.7 Å². The second kappa shape index (κ2) is 4.94. The number of phenolic OH excluding ortho intramolecular Hbond substituents is 1. The fourth-order valence-corrected chi connectivity index (χ4v) is 2.53. The Labute approximate surface area is 112 Å². The molecule has 0 saturated carbocycles. The number of rotatable bonds is 2. The Bertz CT molecular complexity index is 565. The van der Waals surface area contributed by atoms with Crippen molar-refractivity contribution in [2.45, 2.75) is 12.5 Å². The van der Waals surface area contributed by atoms with Gasteiger partial charge in [0.25, 0.3) is 0 Å². The minimum absolute atomic E-state index is 0.0108. The van der Waals surface area contributed by atoms with Gasteiger partial charge in [0.2, 0.25) is 0 Å². The van der Waals surface area contributed by atoms with Crippen LogP contribution in [0, 0.1) is 5.92 Å². The summed E-state index contributed by atoms with van der Waals surface area (Å²) in [4.78, 5) is 0. The van der Waals surface area contributed by atoms with Crippen LogP contribution in [-0.4, -0.2) is 16.8 Å². The molecule has 2 aromatic rings. The molecule has 2 aromatic carbocycles. The first-order valence-corrected chi connectivity index (χ1v) is 6.42. The third kappa shape index (κ3) is 2.42. The highest BCUT2D eigenvalue weighted by Crippen LogP contribution is 2.38. The summed E-state index contributed by atoms with van der Waals surface area (Å²) in [5, 5.41) is 19.9. The third-order valence-electron chi connectivity index (χ3n) is 3.55. The van der Waals surface area contributed by atoms with E-state index in [1.165, 1.54) is 5.56 Å². The Morgan fingerprint density at radius 1 is 1.11 bits per heavy atom. The number of hydrogen-bond acceptors (Lipinski definition) is 3. The second-order valence-corrected chi connectivity index (χ2v) is 4.93. The predicted molar refractivity (Wildman–Crippen MR) is 72.2 cm³/mol. The van der Waals surface area contributed by atoms with Crippen molar-refractivity contribution >= 4 is 0 Å². The molecule has 0 aliphatic carbocycles. The van der Waals surface area contributed by atoms with Crippen LogP contribution in [0.1, 0.15) is 17.2 Å². The van der Waals surface area contributed by atoms with Crippen molar-refractivity contribution in [2.24, 2.45) is 5.92 Å². The molecule has 98 valence electrons. The number of phenols is 1. The van der Waals surface area contributed by atoms with Crippen LogP contribution in [0.4, 0.5) is 0 Å². The molecule has 1 heterocycles. The van der Waals surface area contributed by atoms with E-state index in [1.807, 2.05) is 30.3 Å². The second-order valence-electron chi connectivity index (χ2n) is 4.93. The summed E-state index contributed by atoms with van der Waals surface area (Å²) in [6, 6.07) is 14.9. The molecule has 0 saturated heterocycles. The van der Waals surface area contributed by atoms with Crippen molar-refractivity contribution in [3.8, 4) is 11.5 Å². The van der Waals surface area contributed by atoms with Gasteiger partial charge in [-0.05, 0) is 30.2 Å². The lowest BCUT2D eigenvalue weighted by Crippen LogP contribution is -2.27. The zero-order valence-corrected chi connectivity index (χ0v) is 10.5. The smallest absolute Gasteiger partial charge is 0.125 e. The SMILES string of the molecule is Oc1ccc2c(c1)[C@H](O)[C@@H](Cc1ccccc1)CO2. The number of hydrogen-bond donors (Lipinski definition) is 2. The van der Waals surface area contributed by atoms with Gasteiger partial charge in [-0.2, -0.15) is 0 Å². The Morgan fingerprint density at radius 3 is 2.68 bits per heavy atom. The van der Waals surface area contributed by atoms with Crippen LogP contribution in [0.25, 0.3) is 0 Å². The lowest BCUT2D eigenvalue weighted by atomic mass is 9.88. The fourth-order valence-electron chi connectivity index (χ4n) is 2.53. The van der Waals surface area contributed by atoms with Crippen LogP contribution in [0.2, 0.25) is 0 Å². The quantitative estimate of drug-likeness (QED) is 0.868. The summed E-state index contributed by atoms with van der Waals surface area (Å²) >= 11 is 0. The molecular weight excluding hydrogens is 240 g/mol. The maximum absolute atomic E-state index is 10.4. The van der Waals surface area contributed by atoms with Crippen LogP contribution >= 0.6 is 0 Å². The van der Waals surface area contributed by atoms with E-state index < -0.39 is 6.10 Å². The van der Waals surface area contributed by atoms with Crippen molar-refractivity contribution in [1.29, 1.82) is 0 Å².